The molecule has 2 aromatic rings. The van der Waals surface area contributed by atoms with E-state index in [4.69, 9.17) is 16.6 Å². The molecule has 0 saturated heterocycles. The van der Waals surface area contributed by atoms with Gasteiger partial charge in [0.1, 0.15) is 20.4 Å². The maximum Gasteiger partial charge on any atom is 0.118 e. The van der Waals surface area contributed by atoms with Crippen LogP contribution in [-0.2, 0) is 5.41 Å². The maximum atomic E-state index is 5.98. The Morgan fingerprint density at radius 1 is 1.37 bits per heavy atom. The lowest BCUT2D eigenvalue weighted by Gasteiger charge is -2.15. The average molecular weight is 316 g/mol. The van der Waals surface area contributed by atoms with Crippen LogP contribution in [0.5, 0.6) is 0 Å². The van der Waals surface area contributed by atoms with Gasteiger partial charge in [0.2, 0.25) is 0 Å². The Morgan fingerprint density at radius 3 is 2.58 bits per heavy atom. The van der Waals surface area contributed by atoms with Crippen molar-refractivity contribution in [2.75, 3.05) is 6.54 Å². The molecule has 0 amide bonds. The first-order valence-corrected chi connectivity index (χ1v) is 8.29. The lowest BCUT2D eigenvalue weighted by Crippen LogP contribution is -2.22. The quantitative estimate of drug-likeness (QED) is 0.916. The molecule has 0 aromatic carbocycles. The fourth-order valence-corrected chi connectivity index (χ4v) is 3.85. The predicted octanol–water partition coefficient (Wildman–Crippen LogP) is 4.25. The number of rotatable bonds is 4. The summed E-state index contributed by atoms with van der Waals surface area (Å²) in [5, 5.41) is 7.59. The van der Waals surface area contributed by atoms with Crippen molar-refractivity contribution in [1.29, 1.82) is 0 Å². The first kappa shape index (κ1) is 14.9. The van der Waals surface area contributed by atoms with Crippen LogP contribution in [-0.4, -0.2) is 16.5 Å². The van der Waals surface area contributed by atoms with Crippen molar-refractivity contribution in [3.05, 3.63) is 31.6 Å². The summed E-state index contributed by atoms with van der Waals surface area (Å²) in [6.45, 7) is 9.48. The number of hydrogen-bond donors (Lipinski definition) is 1. The van der Waals surface area contributed by atoms with Gasteiger partial charge in [0, 0.05) is 10.8 Å². The summed E-state index contributed by atoms with van der Waals surface area (Å²) in [6.07, 6.45) is 1.70. The predicted molar refractivity (Wildman–Crippen MR) is 83.5 cm³/mol. The third-order valence-electron chi connectivity index (χ3n) is 2.69. The Hall–Kier alpha value is -0.490. The van der Waals surface area contributed by atoms with E-state index in [0.29, 0.717) is 4.34 Å². The van der Waals surface area contributed by atoms with E-state index in [0.717, 1.165) is 22.3 Å². The zero-order valence-corrected chi connectivity index (χ0v) is 13.9. The molecule has 6 heteroatoms. The van der Waals surface area contributed by atoms with Crippen LogP contribution in [0, 0.1) is 0 Å². The van der Waals surface area contributed by atoms with Gasteiger partial charge in [-0.1, -0.05) is 39.3 Å². The standard InChI is InChI=1S/C13H18ClN3S2/c1-5-15-10(11-16-6-9(14)19-11)12-17-8(7-18-12)13(2,3)4/h6-7,10,15H,5H2,1-4H3. The number of nitrogens with one attached hydrogen (secondary N) is 1. The van der Waals surface area contributed by atoms with Gasteiger partial charge in [-0.25, -0.2) is 9.97 Å². The summed E-state index contributed by atoms with van der Waals surface area (Å²) in [7, 11) is 0. The molecule has 3 nitrogen and oxygen atoms in total. The number of hydrogen-bond acceptors (Lipinski definition) is 5. The molecule has 0 aliphatic heterocycles. The second kappa shape index (κ2) is 5.87. The number of aromatic nitrogens is 2. The molecule has 2 heterocycles. The van der Waals surface area contributed by atoms with E-state index in [2.05, 4.69) is 43.4 Å². The van der Waals surface area contributed by atoms with E-state index < -0.39 is 0 Å². The Kier molecular flexibility index (Phi) is 4.61. The van der Waals surface area contributed by atoms with Gasteiger partial charge in [-0.05, 0) is 6.54 Å². The van der Waals surface area contributed by atoms with E-state index in [9.17, 15) is 0 Å². The minimum Gasteiger partial charge on any atom is -0.303 e. The van der Waals surface area contributed by atoms with Crippen molar-refractivity contribution in [3.63, 3.8) is 0 Å². The third-order valence-corrected chi connectivity index (χ3v) is 4.78. The molecule has 0 aliphatic carbocycles. The van der Waals surface area contributed by atoms with Crippen LogP contribution in [0.3, 0.4) is 0 Å². The number of nitrogens with zero attached hydrogens (tertiary/aromatic N) is 2. The molecule has 0 saturated carbocycles. The van der Waals surface area contributed by atoms with Gasteiger partial charge in [-0.15, -0.1) is 22.7 Å². The fourth-order valence-electron chi connectivity index (χ4n) is 1.65. The summed E-state index contributed by atoms with van der Waals surface area (Å²) < 4.78 is 0.713. The SMILES string of the molecule is CCNC(c1nc(C(C)(C)C)cs1)c1ncc(Cl)s1. The lowest BCUT2D eigenvalue weighted by molar-refractivity contribution is 0.562. The van der Waals surface area contributed by atoms with Crippen LogP contribution in [0.2, 0.25) is 4.34 Å². The monoisotopic (exact) mass is 315 g/mol. The highest BCUT2D eigenvalue weighted by atomic mass is 35.5. The van der Waals surface area contributed by atoms with Gasteiger partial charge in [0.15, 0.2) is 0 Å². The molecule has 0 aliphatic rings. The molecular weight excluding hydrogens is 298 g/mol. The minimum atomic E-state index is 0.0450. The molecule has 2 aromatic heterocycles. The van der Waals surface area contributed by atoms with Crippen LogP contribution >= 0.6 is 34.3 Å². The second-order valence-electron chi connectivity index (χ2n) is 5.31. The summed E-state index contributed by atoms with van der Waals surface area (Å²) in [5.41, 5.74) is 1.20. The Morgan fingerprint density at radius 2 is 2.11 bits per heavy atom. The van der Waals surface area contributed by atoms with Crippen LogP contribution in [0.1, 0.15) is 49.4 Å². The normalized spacial score (nSPS) is 13.7. The molecule has 0 bridgehead atoms. The van der Waals surface area contributed by atoms with Crippen molar-refractivity contribution in [2.24, 2.45) is 0 Å². The smallest absolute Gasteiger partial charge is 0.118 e. The van der Waals surface area contributed by atoms with Crippen LogP contribution in [0.4, 0.5) is 0 Å². The molecule has 0 spiro atoms. The Labute approximate surface area is 127 Å². The van der Waals surface area contributed by atoms with E-state index in [1.807, 2.05) is 0 Å². The second-order valence-corrected chi connectivity index (χ2v) is 7.90. The topological polar surface area (TPSA) is 37.8 Å². The van der Waals surface area contributed by atoms with Crippen molar-refractivity contribution < 1.29 is 0 Å². The molecule has 0 radical (unpaired) electrons. The van der Waals surface area contributed by atoms with E-state index in [1.54, 1.807) is 17.5 Å². The van der Waals surface area contributed by atoms with Crippen LogP contribution < -0.4 is 5.32 Å². The third kappa shape index (κ3) is 3.54. The summed E-state index contributed by atoms with van der Waals surface area (Å²) >= 11 is 9.17. The summed E-state index contributed by atoms with van der Waals surface area (Å²) in [4.78, 5) is 9.14. The molecule has 2 rings (SSSR count). The molecule has 19 heavy (non-hydrogen) atoms. The zero-order valence-electron chi connectivity index (χ0n) is 11.5. The van der Waals surface area contributed by atoms with E-state index in [1.165, 1.54) is 11.3 Å². The highest BCUT2D eigenvalue weighted by Crippen LogP contribution is 2.32. The summed E-state index contributed by atoms with van der Waals surface area (Å²) in [5.74, 6) is 0. The largest absolute Gasteiger partial charge is 0.303 e. The molecule has 1 atom stereocenters. The summed E-state index contributed by atoms with van der Waals surface area (Å²) in [6, 6.07) is 0.0450. The lowest BCUT2D eigenvalue weighted by atomic mass is 9.93. The highest BCUT2D eigenvalue weighted by Gasteiger charge is 2.23. The molecule has 1 unspecified atom stereocenters. The zero-order chi connectivity index (χ0) is 14.0. The van der Waals surface area contributed by atoms with Crippen LogP contribution in [0.25, 0.3) is 0 Å². The van der Waals surface area contributed by atoms with Crippen molar-refractivity contribution in [1.82, 2.24) is 15.3 Å². The Balaban J connectivity index is 2.32. The fraction of sp³-hybridized carbons (Fsp3) is 0.538. The highest BCUT2D eigenvalue weighted by molar-refractivity contribution is 7.16. The van der Waals surface area contributed by atoms with Crippen LogP contribution in [0.15, 0.2) is 11.6 Å². The van der Waals surface area contributed by atoms with Gasteiger partial charge in [-0.2, -0.15) is 0 Å². The molecule has 104 valence electrons. The van der Waals surface area contributed by atoms with Gasteiger partial charge in [0.05, 0.1) is 11.9 Å². The first-order chi connectivity index (χ1) is 8.91. The van der Waals surface area contributed by atoms with E-state index in [-0.39, 0.29) is 11.5 Å². The van der Waals surface area contributed by atoms with Crippen molar-refractivity contribution >= 4 is 34.3 Å². The van der Waals surface area contributed by atoms with Crippen molar-refractivity contribution in [3.8, 4) is 0 Å². The van der Waals surface area contributed by atoms with Gasteiger partial charge in [0.25, 0.3) is 0 Å². The van der Waals surface area contributed by atoms with E-state index >= 15 is 0 Å². The van der Waals surface area contributed by atoms with Gasteiger partial charge in [-0.3, -0.25) is 0 Å². The van der Waals surface area contributed by atoms with Crippen molar-refractivity contribution in [2.45, 2.75) is 39.2 Å². The minimum absolute atomic E-state index is 0.0450. The average Bonchev–Trinajstić information content (AvgIpc) is 2.93. The molecule has 1 N–H and O–H groups in total. The first-order valence-electron chi connectivity index (χ1n) is 6.22. The van der Waals surface area contributed by atoms with Gasteiger partial charge >= 0.3 is 0 Å². The number of halogens is 1. The van der Waals surface area contributed by atoms with Gasteiger partial charge < -0.3 is 5.32 Å². The maximum absolute atomic E-state index is 5.98. The molecule has 0 fully saturated rings. The Bertz CT molecular complexity index is 542. The number of thiazole rings is 2. The molecular formula is C13H18ClN3S2.